The van der Waals surface area contributed by atoms with Crippen molar-refractivity contribution in [1.29, 1.82) is 0 Å². The fraction of sp³-hybridized carbons (Fsp3) is 0.222. The van der Waals surface area contributed by atoms with Crippen molar-refractivity contribution in [3.05, 3.63) is 101 Å². The van der Waals surface area contributed by atoms with Crippen molar-refractivity contribution in [2.45, 2.75) is 38.5 Å². The average molecular weight is 478 g/mol. The van der Waals surface area contributed by atoms with Gasteiger partial charge in [0.25, 0.3) is 0 Å². The van der Waals surface area contributed by atoms with Crippen LogP contribution in [0.5, 0.6) is 5.75 Å². The van der Waals surface area contributed by atoms with Gasteiger partial charge in [0.1, 0.15) is 30.3 Å². The number of primary amides is 1. The van der Waals surface area contributed by atoms with E-state index in [-0.39, 0.29) is 12.8 Å². The minimum absolute atomic E-state index is 0.0576. The maximum Gasteiger partial charge on any atom is 0.243 e. The summed E-state index contributed by atoms with van der Waals surface area (Å²) in [6.45, 7) is 1.70. The monoisotopic (exact) mass is 477 g/mol. The summed E-state index contributed by atoms with van der Waals surface area (Å²) in [5.41, 5.74) is 7.87. The fourth-order valence-electron chi connectivity index (χ4n) is 3.55. The van der Waals surface area contributed by atoms with E-state index in [1.54, 1.807) is 30.3 Å². The maximum absolute atomic E-state index is 13.5. The third-order valence-corrected chi connectivity index (χ3v) is 5.29. The quantitative estimate of drug-likeness (QED) is 0.394. The topological polar surface area (TPSA) is 111 Å². The zero-order valence-corrected chi connectivity index (χ0v) is 19.4. The van der Waals surface area contributed by atoms with Gasteiger partial charge in [-0.3, -0.25) is 14.4 Å². The van der Waals surface area contributed by atoms with Crippen LogP contribution in [0.15, 0.2) is 78.9 Å². The van der Waals surface area contributed by atoms with Crippen LogP contribution in [0, 0.1) is 5.82 Å². The molecule has 0 aliphatic carbocycles. The number of ether oxygens (including phenoxy) is 1. The van der Waals surface area contributed by atoms with E-state index >= 15 is 0 Å². The molecule has 0 bridgehead atoms. The molecule has 3 amide bonds. The number of hydrogen-bond acceptors (Lipinski definition) is 4. The van der Waals surface area contributed by atoms with E-state index in [2.05, 4.69) is 10.6 Å². The van der Waals surface area contributed by atoms with Crippen LogP contribution in [0.4, 0.5) is 4.39 Å². The lowest BCUT2D eigenvalue weighted by atomic mass is 10.0. The summed E-state index contributed by atoms with van der Waals surface area (Å²) in [4.78, 5) is 36.6. The fourth-order valence-corrected chi connectivity index (χ4v) is 3.55. The molecule has 0 saturated carbocycles. The summed E-state index contributed by atoms with van der Waals surface area (Å²) in [5, 5.41) is 5.16. The molecule has 2 atom stereocenters. The van der Waals surface area contributed by atoms with Gasteiger partial charge in [0, 0.05) is 19.8 Å². The number of carbonyl (C=O) groups excluding carboxylic acids is 3. The van der Waals surface area contributed by atoms with Crippen molar-refractivity contribution in [2.75, 3.05) is 0 Å². The minimum atomic E-state index is -0.998. The van der Waals surface area contributed by atoms with Crippen molar-refractivity contribution in [3.8, 4) is 5.75 Å². The summed E-state index contributed by atoms with van der Waals surface area (Å²) in [6.07, 6.45) is 0.217. The Labute approximate surface area is 203 Å². The van der Waals surface area contributed by atoms with E-state index in [1.165, 1.54) is 25.1 Å². The first-order valence-corrected chi connectivity index (χ1v) is 11.2. The molecule has 0 spiro atoms. The largest absolute Gasteiger partial charge is 0.489 e. The van der Waals surface area contributed by atoms with Crippen molar-refractivity contribution in [3.63, 3.8) is 0 Å². The Bertz CT molecular complexity index is 1150. The highest BCUT2D eigenvalue weighted by molar-refractivity contribution is 5.91. The normalized spacial score (nSPS) is 12.3. The molecule has 7 nitrogen and oxygen atoms in total. The summed E-state index contributed by atoms with van der Waals surface area (Å²) in [6, 6.07) is 20.7. The van der Waals surface area contributed by atoms with Crippen LogP contribution >= 0.6 is 0 Å². The lowest BCUT2D eigenvalue weighted by molar-refractivity contribution is -0.130. The van der Waals surface area contributed by atoms with E-state index < -0.39 is 35.6 Å². The standard InChI is InChI=1S/C27H28FN3O4/c1-18(32)30-25(16-21-8-5-9-22(28)14-21)27(34)31-24(26(29)33)15-19-10-12-23(13-11-19)35-17-20-6-3-2-4-7-20/h2-14,24-25H,15-17H2,1H3,(H2,29,33)(H,30,32)(H,31,34)/t24-,25+/m0/s1. The van der Waals surface area contributed by atoms with Crippen LogP contribution < -0.4 is 21.1 Å². The first-order valence-electron chi connectivity index (χ1n) is 11.2. The van der Waals surface area contributed by atoms with Crippen LogP contribution in [0.3, 0.4) is 0 Å². The second kappa shape index (κ2) is 12.3. The minimum Gasteiger partial charge on any atom is -0.489 e. The molecule has 0 aliphatic rings. The maximum atomic E-state index is 13.5. The Morgan fingerprint density at radius 2 is 1.49 bits per heavy atom. The molecule has 0 radical (unpaired) electrons. The molecule has 35 heavy (non-hydrogen) atoms. The number of nitrogens with one attached hydrogen (secondary N) is 2. The van der Waals surface area contributed by atoms with Crippen molar-refractivity contribution >= 4 is 17.7 Å². The number of nitrogens with two attached hydrogens (primary N) is 1. The van der Waals surface area contributed by atoms with Gasteiger partial charge in [-0.25, -0.2) is 4.39 Å². The van der Waals surface area contributed by atoms with Crippen molar-refractivity contribution < 1.29 is 23.5 Å². The molecule has 0 aromatic heterocycles. The molecule has 3 rings (SSSR count). The van der Waals surface area contributed by atoms with Crippen LogP contribution in [-0.4, -0.2) is 29.8 Å². The third kappa shape index (κ3) is 8.26. The predicted octanol–water partition coefficient (Wildman–Crippen LogP) is 2.66. The zero-order chi connectivity index (χ0) is 25.2. The Kier molecular flexibility index (Phi) is 8.95. The average Bonchev–Trinajstić information content (AvgIpc) is 2.83. The van der Waals surface area contributed by atoms with Crippen molar-refractivity contribution in [1.82, 2.24) is 10.6 Å². The highest BCUT2D eigenvalue weighted by Crippen LogP contribution is 2.16. The van der Waals surface area contributed by atoms with Gasteiger partial charge < -0.3 is 21.1 Å². The molecule has 3 aromatic rings. The predicted molar refractivity (Wildman–Crippen MR) is 130 cm³/mol. The SMILES string of the molecule is CC(=O)N[C@H](Cc1cccc(F)c1)C(=O)N[C@@H](Cc1ccc(OCc2ccccc2)cc1)C(N)=O. The van der Waals surface area contributed by atoms with E-state index in [1.807, 2.05) is 30.3 Å². The highest BCUT2D eigenvalue weighted by atomic mass is 19.1. The Hall–Kier alpha value is -4.20. The van der Waals surface area contributed by atoms with Crippen LogP contribution in [0.2, 0.25) is 0 Å². The van der Waals surface area contributed by atoms with Crippen LogP contribution in [0.25, 0.3) is 0 Å². The summed E-state index contributed by atoms with van der Waals surface area (Å²) < 4.78 is 19.3. The van der Waals surface area contributed by atoms with E-state index in [0.29, 0.717) is 17.9 Å². The van der Waals surface area contributed by atoms with Gasteiger partial charge in [-0.05, 0) is 41.0 Å². The summed E-state index contributed by atoms with van der Waals surface area (Å²) in [7, 11) is 0. The van der Waals surface area contributed by atoms with E-state index in [9.17, 15) is 18.8 Å². The van der Waals surface area contributed by atoms with Gasteiger partial charge in [-0.1, -0.05) is 54.6 Å². The van der Waals surface area contributed by atoms with Gasteiger partial charge in [0.05, 0.1) is 0 Å². The number of benzene rings is 3. The Morgan fingerprint density at radius 3 is 2.11 bits per heavy atom. The van der Waals surface area contributed by atoms with Gasteiger partial charge in [0.2, 0.25) is 17.7 Å². The number of amides is 3. The first-order chi connectivity index (χ1) is 16.8. The molecule has 0 unspecified atom stereocenters. The summed E-state index contributed by atoms with van der Waals surface area (Å²) in [5.74, 6) is -1.51. The molecule has 0 heterocycles. The second-order valence-corrected chi connectivity index (χ2v) is 8.17. The van der Waals surface area contributed by atoms with Crippen LogP contribution in [-0.2, 0) is 33.8 Å². The smallest absolute Gasteiger partial charge is 0.243 e. The Morgan fingerprint density at radius 1 is 0.829 bits per heavy atom. The van der Waals surface area contributed by atoms with Crippen LogP contribution in [0.1, 0.15) is 23.6 Å². The number of halogens is 1. The number of hydrogen-bond donors (Lipinski definition) is 3. The molecular weight excluding hydrogens is 449 g/mol. The van der Waals surface area contributed by atoms with E-state index in [4.69, 9.17) is 10.5 Å². The summed E-state index contributed by atoms with van der Waals surface area (Å²) >= 11 is 0. The van der Waals surface area contributed by atoms with Gasteiger partial charge in [-0.2, -0.15) is 0 Å². The first kappa shape index (κ1) is 25.4. The lowest BCUT2D eigenvalue weighted by Crippen LogP contribution is -2.54. The highest BCUT2D eigenvalue weighted by Gasteiger charge is 2.25. The van der Waals surface area contributed by atoms with Crippen molar-refractivity contribution in [2.24, 2.45) is 5.73 Å². The van der Waals surface area contributed by atoms with Gasteiger partial charge in [-0.15, -0.1) is 0 Å². The lowest BCUT2D eigenvalue weighted by Gasteiger charge is -2.22. The zero-order valence-electron chi connectivity index (χ0n) is 19.4. The van der Waals surface area contributed by atoms with Gasteiger partial charge in [0.15, 0.2) is 0 Å². The second-order valence-electron chi connectivity index (χ2n) is 8.17. The van der Waals surface area contributed by atoms with Gasteiger partial charge >= 0.3 is 0 Å². The molecule has 182 valence electrons. The number of rotatable bonds is 11. The molecule has 4 N–H and O–H groups in total. The molecule has 0 aliphatic heterocycles. The third-order valence-electron chi connectivity index (χ3n) is 5.29. The number of carbonyl (C=O) groups is 3. The molecule has 3 aromatic carbocycles. The Balaban J connectivity index is 1.62. The molecule has 0 saturated heterocycles. The molecule has 8 heteroatoms. The molecule has 0 fully saturated rings. The molecular formula is C27H28FN3O4. The van der Waals surface area contributed by atoms with E-state index in [0.717, 1.165) is 11.1 Å².